The highest BCUT2D eigenvalue weighted by molar-refractivity contribution is 7.34. The Kier molecular flexibility index (Phi) is 4.95. The number of rotatable bonds is 6. The number of nitro groups is 2. The smallest absolute Gasteiger partial charge is 0.258 e. The van der Waals surface area contributed by atoms with Crippen LogP contribution in [0.4, 0.5) is 20.2 Å². The molecule has 2 rings (SSSR count). The first-order chi connectivity index (χ1) is 11.2. The molecule has 24 heavy (non-hydrogen) atoms. The zero-order valence-corrected chi connectivity index (χ0v) is 12.3. The second kappa shape index (κ2) is 6.92. The van der Waals surface area contributed by atoms with E-state index in [9.17, 15) is 33.6 Å². The van der Waals surface area contributed by atoms with Gasteiger partial charge in [-0.2, -0.15) is 0 Å². The van der Waals surface area contributed by atoms with E-state index < -0.39 is 52.6 Å². The third-order valence-corrected chi connectivity index (χ3v) is 3.21. The first kappa shape index (κ1) is 17.2. The fourth-order valence-corrected chi connectivity index (χ4v) is 2.20. The molecule has 0 aromatic heterocycles. The molecule has 0 spiro atoms. The number of benzene rings is 2. The van der Waals surface area contributed by atoms with Crippen LogP contribution in [0.3, 0.4) is 0 Å². The van der Waals surface area contributed by atoms with Crippen molar-refractivity contribution in [3.05, 3.63) is 68.3 Å². The van der Waals surface area contributed by atoms with E-state index in [1.807, 2.05) is 0 Å². The van der Waals surface area contributed by atoms with Gasteiger partial charge < -0.3 is 0 Å². The van der Waals surface area contributed by atoms with Gasteiger partial charge in [-0.3, -0.25) is 20.2 Å². The number of nitrogens with zero attached hydrogens (tertiary/aromatic N) is 2. The molecule has 0 aliphatic heterocycles. The van der Waals surface area contributed by atoms with Crippen LogP contribution in [-0.4, -0.2) is 9.85 Å². The first-order valence-corrected chi connectivity index (χ1v) is 7.07. The summed E-state index contributed by atoms with van der Waals surface area (Å²) in [5.41, 5.74) is -1.29. The minimum Gasteiger partial charge on any atom is -0.258 e. The monoisotopic (exact) mass is 359 g/mol. The molecule has 0 amide bonds. The molecule has 0 heterocycles. The lowest BCUT2D eigenvalue weighted by atomic mass is 10.3. The van der Waals surface area contributed by atoms with Crippen molar-refractivity contribution in [2.45, 2.75) is 0 Å². The molecule has 0 unspecified atom stereocenters. The maximum absolute atomic E-state index is 13.2. The summed E-state index contributed by atoms with van der Waals surface area (Å²) in [4.78, 5) is 19.4. The van der Waals surface area contributed by atoms with Gasteiger partial charge in [0.1, 0.15) is 11.6 Å². The molecule has 0 aliphatic rings. The Labute approximate surface area is 132 Å². The van der Waals surface area contributed by atoms with Crippen LogP contribution in [0.1, 0.15) is 0 Å². The Hall–Kier alpha value is -3.20. The van der Waals surface area contributed by atoms with Crippen molar-refractivity contribution in [1.82, 2.24) is 0 Å². The van der Waals surface area contributed by atoms with Gasteiger partial charge in [-0.25, -0.2) is 17.8 Å². The summed E-state index contributed by atoms with van der Waals surface area (Å²) in [6.45, 7) is 0. The predicted octanol–water partition coefficient (Wildman–Crippen LogP) is 3.90. The van der Waals surface area contributed by atoms with Crippen LogP contribution in [0.15, 0.2) is 36.4 Å². The summed E-state index contributed by atoms with van der Waals surface area (Å²) in [7, 11) is -3.05. The summed E-state index contributed by atoms with van der Waals surface area (Å²) in [6.07, 6.45) is 0. The van der Waals surface area contributed by atoms with Crippen LogP contribution in [0.2, 0.25) is 0 Å². The molecule has 0 bridgehead atoms. The zero-order valence-electron chi connectivity index (χ0n) is 11.4. The number of halogens is 2. The molecular formula is C12H6F2N2O7P+. The van der Waals surface area contributed by atoms with Gasteiger partial charge in [0.05, 0.1) is 34.1 Å². The van der Waals surface area contributed by atoms with Crippen LogP contribution >= 0.6 is 8.25 Å². The molecule has 2 aromatic carbocycles. The number of hydrogen-bond donors (Lipinski definition) is 0. The third-order valence-electron chi connectivity index (χ3n) is 2.49. The van der Waals surface area contributed by atoms with Gasteiger partial charge in [0, 0.05) is 16.7 Å². The molecule has 9 nitrogen and oxygen atoms in total. The standard InChI is InChI=1S/C12H6F2N2O7P/c13-7-1-9(15(17)18)5-11(3-7)22-24(21)23-12-4-8(14)2-10(6-12)16(19)20/h1-6H/q+1. The molecule has 12 heteroatoms. The van der Waals surface area contributed by atoms with Crippen LogP contribution < -0.4 is 9.05 Å². The average molecular weight is 359 g/mol. The van der Waals surface area contributed by atoms with Crippen molar-refractivity contribution >= 4 is 19.6 Å². The van der Waals surface area contributed by atoms with Gasteiger partial charge >= 0.3 is 8.25 Å². The van der Waals surface area contributed by atoms with Crippen LogP contribution in [0.25, 0.3) is 0 Å². The number of hydrogen-bond acceptors (Lipinski definition) is 7. The topological polar surface area (TPSA) is 122 Å². The van der Waals surface area contributed by atoms with Crippen molar-refractivity contribution in [1.29, 1.82) is 0 Å². The Morgan fingerprint density at radius 1 is 0.792 bits per heavy atom. The van der Waals surface area contributed by atoms with Gasteiger partial charge in [0.25, 0.3) is 11.4 Å². The van der Waals surface area contributed by atoms with Crippen molar-refractivity contribution in [2.24, 2.45) is 0 Å². The van der Waals surface area contributed by atoms with Crippen molar-refractivity contribution < 1.29 is 32.2 Å². The summed E-state index contributed by atoms with van der Waals surface area (Å²) < 4.78 is 47.5. The maximum Gasteiger partial charge on any atom is 0.805 e. The molecular weight excluding hydrogens is 353 g/mol. The number of nitro benzene ring substituents is 2. The van der Waals surface area contributed by atoms with Gasteiger partial charge in [-0.05, 0) is 0 Å². The highest BCUT2D eigenvalue weighted by Gasteiger charge is 2.27. The summed E-state index contributed by atoms with van der Waals surface area (Å²) >= 11 is 0. The van der Waals surface area contributed by atoms with Crippen LogP contribution in [0.5, 0.6) is 11.5 Å². The minimum absolute atomic E-state index is 0.464. The van der Waals surface area contributed by atoms with Crippen molar-refractivity contribution in [3.63, 3.8) is 0 Å². The van der Waals surface area contributed by atoms with Gasteiger partial charge in [-0.1, -0.05) is 0 Å². The lowest BCUT2D eigenvalue weighted by Crippen LogP contribution is -1.94. The Bertz CT molecular complexity index is 779. The maximum atomic E-state index is 13.2. The SMILES string of the molecule is O=[N+]([O-])c1cc(F)cc(O[P+](=O)Oc2cc(F)cc([N+](=O)[O-])c2)c1. The Balaban J connectivity index is 2.17. The van der Waals surface area contributed by atoms with E-state index in [1.54, 1.807) is 0 Å². The van der Waals surface area contributed by atoms with E-state index in [0.29, 0.717) is 12.1 Å². The molecule has 0 saturated carbocycles. The highest BCUT2D eigenvalue weighted by Crippen LogP contribution is 2.34. The van der Waals surface area contributed by atoms with E-state index >= 15 is 0 Å². The van der Waals surface area contributed by atoms with Gasteiger partial charge in [0.15, 0.2) is 0 Å². The zero-order chi connectivity index (χ0) is 17.9. The average Bonchev–Trinajstić information content (AvgIpc) is 2.45. The van der Waals surface area contributed by atoms with E-state index in [0.717, 1.165) is 24.3 Å². The normalized spacial score (nSPS) is 10.1. The Morgan fingerprint density at radius 2 is 1.17 bits per heavy atom. The first-order valence-electron chi connectivity index (χ1n) is 5.98. The largest absolute Gasteiger partial charge is 0.805 e. The molecule has 124 valence electrons. The highest BCUT2D eigenvalue weighted by atomic mass is 31.1. The third kappa shape index (κ3) is 4.40. The molecule has 0 atom stereocenters. The van der Waals surface area contributed by atoms with E-state index in [1.165, 1.54) is 0 Å². The molecule has 0 fully saturated rings. The Morgan fingerprint density at radius 3 is 1.50 bits per heavy atom. The fraction of sp³-hybridized carbons (Fsp3) is 0. The lowest BCUT2D eigenvalue weighted by Gasteiger charge is -1.97. The molecule has 0 aliphatic carbocycles. The molecule has 2 aromatic rings. The van der Waals surface area contributed by atoms with Crippen LogP contribution in [0, 0.1) is 31.9 Å². The van der Waals surface area contributed by atoms with Gasteiger partial charge in [0.2, 0.25) is 11.5 Å². The van der Waals surface area contributed by atoms with Gasteiger partial charge in [-0.15, -0.1) is 0 Å². The number of non-ortho nitro benzene ring substituents is 2. The summed E-state index contributed by atoms with van der Waals surface area (Å²) in [5.74, 6) is -2.95. The van der Waals surface area contributed by atoms with E-state index in [-0.39, 0.29) is 0 Å². The fourth-order valence-electron chi connectivity index (χ4n) is 1.60. The summed E-state index contributed by atoms with van der Waals surface area (Å²) in [6, 6.07) is 4.28. The van der Waals surface area contributed by atoms with Crippen LogP contribution in [-0.2, 0) is 4.57 Å². The minimum atomic E-state index is -3.05. The second-order valence-electron chi connectivity index (χ2n) is 4.21. The second-order valence-corrected chi connectivity index (χ2v) is 5.02. The quantitative estimate of drug-likeness (QED) is 0.435. The van der Waals surface area contributed by atoms with E-state index in [4.69, 9.17) is 0 Å². The van der Waals surface area contributed by atoms with Crippen molar-refractivity contribution in [2.75, 3.05) is 0 Å². The molecule has 0 N–H and O–H groups in total. The molecule has 0 radical (unpaired) electrons. The van der Waals surface area contributed by atoms with Crippen molar-refractivity contribution in [3.8, 4) is 11.5 Å². The predicted molar refractivity (Wildman–Crippen MR) is 75.0 cm³/mol. The lowest BCUT2D eigenvalue weighted by molar-refractivity contribution is -0.385. The summed E-state index contributed by atoms with van der Waals surface area (Å²) in [5, 5.41) is 21.2. The molecule has 0 saturated heterocycles. The van der Waals surface area contributed by atoms with E-state index in [2.05, 4.69) is 9.05 Å².